The topological polar surface area (TPSA) is 9.23 Å². The Bertz CT molecular complexity index is 295. The minimum absolute atomic E-state index is 0.627. The van der Waals surface area contributed by atoms with Gasteiger partial charge in [-0.1, -0.05) is 45.9 Å². The van der Waals surface area contributed by atoms with E-state index in [1.807, 2.05) is 42.1 Å². The quantitative estimate of drug-likeness (QED) is 0.707. The van der Waals surface area contributed by atoms with E-state index in [-0.39, 0.29) is 0 Å². The lowest BCUT2D eigenvalue weighted by Crippen LogP contribution is -2.21. The Morgan fingerprint density at radius 1 is 1.06 bits per heavy atom. The highest BCUT2D eigenvalue weighted by atomic mass is 32.2. The van der Waals surface area contributed by atoms with Crippen molar-refractivity contribution in [3.8, 4) is 5.75 Å². The van der Waals surface area contributed by atoms with Crippen LogP contribution in [0.25, 0.3) is 0 Å². The van der Waals surface area contributed by atoms with Gasteiger partial charge in [-0.15, -0.1) is 0 Å². The van der Waals surface area contributed by atoms with E-state index in [2.05, 4.69) is 27.7 Å². The van der Waals surface area contributed by atoms with Gasteiger partial charge >= 0.3 is 0 Å². The van der Waals surface area contributed by atoms with Gasteiger partial charge in [-0.3, -0.25) is 0 Å². The summed E-state index contributed by atoms with van der Waals surface area (Å²) in [5.41, 5.74) is 0. The van der Waals surface area contributed by atoms with Crippen molar-refractivity contribution in [3.63, 3.8) is 0 Å². The second-order valence-corrected chi connectivity index (χ2v) is 6.62. The summed E-state index contributed by atoms with van der Waals surface area (Å²) in [5.74, 6) is 3.46. The van der Waals surface area contributed by atoms with E-state index in [9.17, 15) is 0 Å². The molecule has 1 rings (SSSR count). The summed E-state index contributed by atoms with van der Waals surface area (Å²) < 4.78 is 5.85. The number of para-hydroxylation sites is 1. The molecule has 0 aliphatic carbocycles. The van der Waals surface area contributed by atoms with Gasteiger partial charge in [0.25, 0.3) is 0 Å². The van der Waals surface area contributed by atoms with Crippen LogP contribution in [0.3, 0.4) is 0 Å². The van der Waals surface area contributed by atoms with Gasteiger partial charge in [0.2, 0.25) is 0 Å². The summed E-state index contributed by atoms with van der Waals surface area (Å²) >= 11 is 2.02. The maximum absolute atomic E-state index is 5.85. The van der Waals surface area contributed by atoms with Crippen LogP contribution in [0.1, 0.15) is 27.7 Å². The average Bonchev–Trinajstić information content (AvgIpc) is 2.29. The number of rotatable bonds is 7. The first-order valence-corrected chi connectivity index (χ1v) is 7.44. The predicted octanol–water partition coefficient (Wildman–Crippen LogP) is 4.48. The summed E-state index contributed by atoms with van der Waals surface area (Å²) in [6.45, 7) is 9.88. The Morgan fingerprint density at radius 3 is 2.24 bits per heavy atom. The third-order valence-corrected chi connectivity index (χ3v) is 4.08. The van der Waals surface area contributed by atoms with Crippen molar-refractivity contribution in [1.82, 2.24) is 0 Å². The van der Waals surface area contributed by atoms with Crippen LogP contribution in [0, 0.1) is 11.8 Å². The van der Waals surface area contributed by atoms with Crippen molar-refractivity contribution in [1.29, 1.82) is 0 Å². The van der Waals surface area contributed by atoms with E-state index >= 15 is 0 Å². The Hall–Kier alpha value is -0.630. The maximum Gasteiger partial charge on any atom is 0.119 e. The smallest absolute Gasteiger partial charge is 0.119 e. The van der Waals surface area contributed by atoms with E-state index in [0.717, 1.165) is 12.4 Å². The molecule has 0 spiro atoms. The molecule has 0 saturated heterocycles. The molecule has 0 N–H and O–H groups in total. The van der Waals surface area contributed by atoms with Crippen molar-refractivity contribution in [3.05, 3.63) is 30.3 Å². The fourth-order valence-corrected chi connectivity index (χ4v) is 2.58. The molecule has 0 fully saturated rings. The highest BCUT2D eigenvalue weighted by molar-refractivity contribution is 7.99. The molecule has 1 aromatic rings. The molecular formula is C15H24OS. The maximum atomic E-state index is 5.85. The lowest BCUT2D eigenvalue weighted by Gasteiger charge is -2.21. The van der Waals surface area contributed by atoms with Crippen LogP contribution in [-0.2, 0) is 0 Å². The van der Waals surface area contributed by atoms with Crippen LogP contribution in [0.15, 0.2) is 30.3 Å². The van der Waals surface area contributed by atoms with Crippen LogP contribution in [0.5, 0.6) is 5.75 Å². The summed E-state index contributed by atoms with van der Waals surface area (Å²) in [6.07, 6.45) is 0. The molecule has 0 heterocycles. The number of hydrogen-bond acceptors (Lipinski definition) is 2. The number of ether oxygens (including phenoxy) is 1. The SMILES string of the molecule is CC(C)SCC(COc1ccccc1)C(C)C. The predicted molar refractivity (Wildman–Crippen MR) is 77.9 cm³/mol. The van der Waals surface area contributed by atoms with Gasteiger partial charge in [0.15, 0.2) is 0 Å². The Balaban J connectivity index is 2.39. The molecule has 1 aromatic carbocycles. The molecule has 17 heavy (non-hydrogen) atoms. The van der Waals surface area contributed by atoms with Crippen molar-refractivity contribution in [2.24, 2.45) is 11.8 Å². The minimum Gasteiger partial charge on any atom is -0.493 e. The van der Waals surface area contributed by atoms with Crippen molar-refractivity contribution >= 4 is 11.8 Å². The zero-order valence-electron chi connectivity index (χ0n) is 11.3. The molecule has 0 radical (unpaired) electrons. The highest BCUT2D eigenvalue weighted by Gasteiger charge is 2.15. The molecule has 0 saturated carbocycles. The zero-order valence-corrected chi connectivity index (χ0v) is 12.2. The third-order valence-electron chi connectivity index (χ3n) is 2.79. The second-order valence-electron chi connectivity index (χ2n) is 5.01. The van der Waals surface area contributed by atoms with E-state index in [1.54, 1.807) is 0 Å². The molecular weight excluding hydrogens is 228 g/mol. The van der Waals surface area contributed by atoms with E-state index in [0.29, 0.717) is 17.1 Å². The van der Waals surface area contributed by atoms with Gasteiger partial charge in [-0.25, -0.2) is 0 Å². The molecule has 1 unspecified atom stereocenters. The molecule has 96 valence electrons. The lowest BCUT2D eigenvalue weighted by molar-refractivity contribution is 0.226. The van der Waals surface area contributed by atoms with Crippen LogP contribution in [0.2, 0.25) is 0 Å². The summed E-state index contributed by atoms with van der Waals surface area (Å²) in [7, 11) is 0. The van der Waals surface area contributed by atoms with Crippen molar-refractivity contribution < 1.29 is 4.74 Å². The van der Waals surface area contributed by atoms with Gasteiger partial charge in [-0.05, 0) is 29.1 Å². The van der Waals surface area contributed by atoms with Gasteiger partial charge in [0.05, 0.1) is 6.61 Å². The van der Waals surface area contributed by atoms with Gasteiger partial charge < -0.3 is 4.74 Å². The fourth-order valence-electron chi connectivity index (χ4n) is 1.47. The van der Waals surface area contributed by atoms with Crippen molar-refractivity contribution in [2.45, 2.75) is 32.9 Å². The largest absolute Gasteiger partial charge is 0.493 e. The summed E-state index contributed by atoms with van der Waals surface area (Å²) in [5, 5.41) is 0.702. The number of thioether (sulfide) groups is 1. The first-order valence-electron chi connectivity index (χ1n) is 6.39. The van der Waals surface area contributed by atoms with Gasteiger partial charge in [-0.2, -0.15) is 11.8 Å². The van der Waals surface area contributed by atoms with E-state index in [4.69, 9.17) is 4.74 Å². The monoisotopic (exact) mass is 252 g/mol. The number of hydrogen-bond donors (Lipinski definition) is 0. The van der Waals surface area contributed by atoms with Crippen LogP contribution < -0.4 is 4.74 Å². The Labute approximate surface area is 110 Å². The van der Waals surface area contributed by atoms with Crippen LogP contribution in [0.4, 0.5) is 0 Å². The van der Waals surface area contributed by atoms with Gasteiger partial charge in [0.1, 0.15) is 5.75 Å². The normalized spacial score (nSPS) is 13.1. The van der Waals surface area contributed by atoms with Gasteiger partial charge in [0, 0.05) is 5.92 Å². The second kappa shape index (κ2) is 7.65. The summed E-state index contributed by atoms with van der Waals surface area (Å²) in [4.78, 5) is 0. The molecule has 0 aromatic heterocycles. The van der Waals surface area contributed by atoms with Crippen LogP contribution >= 0.6 is 11.8 Å². The highest BCUT2D eigenvalue weighted by Crippen LogP contribution is 2.21. The van der Waals surface area contributed by atoms with Crippen LogP contribution in [-0.4, -0.2) is 17.6 Å². The Morgan fingerprint density at radius 2 is 1.71 bits per heavy atom. The summed E-state index contributed by atoms with van der Waals surface area (Å²) in [6, 6.07) is 10.1. The molecule has 0 aliphatic heterocycles. The zero-order chi connectivity index (χ0) is 12.7. The standard InChI is InChI=1S/C15H24OS/c1-12(2)14(11-17-13(3)4)10-16-15-8-6-5-7-9-15/h5-9,12-14H,10-11H2,1-4H3. The Kier molecular flexibility index (Phi) is 6.49. The first kappa shape index (κ1) is 14.4. The van der Waals surface area contributed by atoms with E-state index in [1.165, 1.54) is 5.75 Å². The molecule has 1 atom stereocenters. The minimum atomic E-state index is 0.627. The van der Waals surface area contributed by atoms with Crippen molar-refractivity contribution in [2.75, 3.05) is 12.4 Å². The molecule has 2 heteroatoms. The molecule has 0 amide bonds. The third kappa shape index (κ3) is 6.02. The first-order chi connectivity index (χ1) is 8.09. The molecule has 0 bridgehead atoms. The average molecular weight is 252 g/mol. The number of benzene rings is 1. The molecule has 1 nitrogen and oxygen atoms in total. The molecule has 0 aliphatic rings. The fraction of sp³-hybridized carbons (Fsp3) is 0.600. The van der Waals surface area contributed by atoms with E-state index < -0.39 is 0 Å². The lowest BCUT2D eigenvalue weighted by atomic mass is 9.99.